The van der Waals surface area contributed by atoms with Gasteiger partial charge in [-0.05, 0) is 37.1 Å². The third-order valence-corrected chi connectivity index (χ3v) is 4.38. The minimum Gasteiger partial charge on any atom is -0.241 e. The lowest BCUT2D eigenvalue weighted by Crippen LogP contribution is -2.15. The Morgan fingerprint density at radius 3 is 2.62 bits per heavy atom. The summed E-state index contributed by atoms with van der Waals surface area (Å²) >= 11 is 0. The Morgan fingerprint density at radius 2 is 1.76 bits per heavy atom. The molecule has 0 amide bonds. The van der Waals surface area contributed by atoms with Crippen molar-refractivity contribution >= 4 is 33.8 Å². The maximum atomic E-state index is 2.41. The molecule has 2 aromatic carbocycles. The Hall–Kier alpha value is -2.35. The monoisotopic (exact) mass is 275 g/mol. The molecule has 0 saturated heterocycles. The zero-order chi connectivity index (χ0) is 14.4. The predicted octanol–water partition coefficient (Wildman–Crippen LogP) is 4.41. The van der Waals surface area contributed by atoms with Gasteiger partial charge >= 0.3 is 0 Å². The lowest BCUT2D eigenvalue weighted by Gasteiger charge is -2.11. The van der Waals surface area contributed by atoms with Gasteiger partial charge in [-0.3, -0.25) is 0 Å². The molecule has 0 bridgehead atoms. The van der Waals surface area contributed by atoms with E-state index in [1.165, 1.54) is 33.2 Å². The molecule has 104 valence electrons. The molecular weight excluding hydrogens is 256 g/mol. The number of fused-ring (bicyclic) bond motifs is 3. The zero-order valence-electron chi connectivity index (χ0n) is 12.5. The van der Waals surface area contributed by atoms with Gasteiger partial charge in [0, 0.05) is 23.3 Å². The van der Waals surface area contributed by atoms with Gasteiger partial charge < -0.3 is 0 Å². The fourth-order valence-corrected chi connectivity index (χ4v) is 3.40. The highest BCUT2D eigenvalue weighted by molar-refractivity contribution is 6.10. The number of aromatic nitrogens is 1. The van der Waals surface area contributed by atoms with Crippen molar-refractivity contribution in [1.29, 1.82) is 0 Å². The fraction of sp³-hybridized carbons (Fsp3) is 0.211. The Balaban J connectivity index is 2.20. The van der Waals surface area contributed by atoms with Gasteiger partial charge in [0.15, 0.2) is 0 Å². The van der Waals surface area contributed by atoms with Crippen molar-refractivity contribution in [3.8, 4) is 0 Å². The first kappa shape index (κ1) is 12.4. The average molecular weight is 275 g/mol. The second kappa shape index (κ2) is 4.59. The van der Waals surface area contributed by atoms with Crippen LogP contribution in [-0.4, -0.2) is 22.4 Å². The first-order valence-electron chi connectivity index (χ1n) is 7.53. The van der Waals surface area contributed by atoms with Crippen LogP contribution in [0.3, 0.4) is 0 Å². The number of rotatable bonds is 1. The molecule has 1 aromatic heterocycles. The molecule has 0 N–H and O–H groups in total. The van der Waals surface area contributed by atoms with Gasteiger partial charge in [0.2, 0.25) is 0 Å². The van der Waals surface area contributed by atoms with Crippen LogP contribution in [0.1, 0.15) is 18.4 Å². The molecule has 0 spiro atoms. The van der Waals surface area contributed by atoms with Gasteiger partial charge in [0.25, 0.3) is 5.82 Å². The molecule has 0 aliphatic carbocycles. The summed E-state index contributed by atoms with van der Waals surface area (Å²) in [6.07, 6.45) is 6.85. The van der Waals surface area contributed by atoms with Gasteiger partial charge in [-0.1, -0.05) is 24.3 Å². The summed E-state index contributed by atoms with van der Waals surface area (Å²) in [7, 11) is 2.14. The van der Waals surface area contributed by atoms with Crippen LogP contribution in [0.4, 0.5) is 0 Å². The van der Waals surface area contributed by atoms with E-state index in [-0.39, 0.29) is 0 Å². The number of aryl methyl sites for hydroxylation is 1. The third kappa shape index (κ3) is 1.75. The summed E-state index contributed by atoms with van der Waals surface area (Å²) in [5, 5.41) is 2.67. The van der Waals surface area contributed by atoms with E-state index in [9.17, 15) is 0 Å². The van der Waals surface area contributed by atoms with Crippen molar-refractivity contribution in [2.24, 2.45) is 0 Å². The number of nitrogens with zero attached hydrogens (tertiary/aromatic N) is 2. The zero-order valence-corrected chi connectivity index (χ0v) is 12.5. The van der Waals surface area contributed by atoms with Gasteiger partial charge in [-0.15, -0.1) is 0 Å². The Labute approximate surface area is 124 Å². The van der Waals surface area contributed by atoms with Gasteiger partial charge in [0.05, 0.1) is 13.3 Å². The maximum Gasteiger partial charge on any atom is 0.282 e. The molecule has 0 saturated carbocycles. The van der Waals surface area contributed by atoms with E-state index in [4.69, 9.17) is 0 Å². The van der Waals surface area contributed by atoms with Gasteiger partial charge in [0.1, 0.15) is 11.0 Å². The van der Waals surface area contributed by atoms with Crippen LogP contribution < -0.4 is 0 Å². The SMILES string of the molecule is Cc1cccc2c3ccccc3n(C3=CCCC=[N+]3C)c12. The van der Waals surface area contributed by atoms with E-state index < -0.39 is 0 Å². The van der Waals surface area contributed by atoms with Crippen LogP contribution in [-0.2, 0) is 0 Å². The summed E-state index contributed by atoms with van der Waals surface area (Å²) in [6, 6.07) is 15.3. The van der Waals surface area contributed by atoms with Crippen LogP contribution in [0.5, 0.6) is 0 Å². The van der Waals surface area contributed by atoms with Crippen LogP contribution in [0.25, 0.3) is 27.6 Å². The number of allylic oxidation sites excluding steroid dienone is 1. The van der Waals surface area contributed by atoms with Crippen LogP contribution in [0.15, 0.2) is 48.5 Å². The summed E-state index contributed by atoms with van der Waals surface area (Å²) in [6.45, 7) is 2.20. The normalized spacial score (nSPS) is 15.3. The Bertz CT molecular complexity index is 910. The highest BCUT2D eigenvalue weighted by Crippen LogP contribution is 2.34. The lowest BCUT2D eigenvalue weighted by molar-refractivity contribution is -0.400. The quantitative estimate of drug-likeness (QED) is 0.581. The molecule has 0 radical (unpaired) electrons. The number of hydrogen-bond acceptors (Lipinski definition) is 0. The highest BCUT2D eigenvalue weighted by Gasteiger charge is 2.23. The number of hydrogen-bond donors (Lipinski definition) is 0. The molecule has 4 rings (SSSR count). The second-order valence-electron chi connectivity index (χ2n) is 5.76. The van der Waals surface area contributed by atoms with Crippen molar-refractivity contribution in [2.45, 2.75) is 19.8 Å². The van der Waals surface area contributed by atoms with Crippen LogP contribution >= 0.6 is 0 Å². The average Bonchev–Trinajstić information content (AvgIpc) is 2.84. The highest BCUT2D eigenvalue weighted by atomic mass is 15.2. The third-order valence-electron chi connectivity index (χ3n) is 4.38. The van der Waals surface area contributed by atoms with E-state index in [1.807, 2.05) is 0 Å². The fourth-order valence-electron chi connectivity index (χ4n) is 3.40. The lowest BCUT2D eigenvalue weighted by atomic mass is 10.1. The molecule has 0 fully saturated rings. The maximum absolute atomic E-state index is 2.41. The molecular formula is C19H19N2+. The van der Waals surface area contributed by atoms with E-state index >= 15 is 0 Å². The molecule has 21 heavy (non-hydrogen) atoms. The predicted molar refractivity (Wildman–Crippen MR) is 89.9 cm³/mol. The largest absolute Gasteiger partial charge is 0.282 e. The van der Waals surface area contributed by atoms with E-state index in [1.54, 1.807) is 0 Å². The van der Waals surface area contributed by atoms with Crippen molar-refractivity contribution in [2.75, 3.05) is 7.05 Å². The molecule has 0 atom stereocenters. The molecule has 2 heteroatoms. The minimum absolute atomic E-state index is 1.11. The first-order valence-corrected chi connectivity index (χ1v) is 7.53. The van der Waals surface area contributed by atoms with E-state index in [0.29, 0.717) is 0 Å². The molecule has 1 aliphatic heterocycles. The minimum atomic E-state index is 1.11. The number of benzene rings is 2. The first-order chi connectivity index (χ1) is 10.3. The molecule has 3 aromatic rings. The standard InChI is InChI=1S/C19H19N2/c1-14-8-7-10-16-15-9-3-4-11-17(15)21(19(14)16)18-12-5-6-13-20(18)2/h3-4,7-13H,5-6H2,1-2H3/q+1. The molecule has 1 aliphatic rings. The summed E-state index contributed by atoms with van der Waals surface area (Å²) in [5.41, 5.74) is 3.94. The second-order valence-corrected chi connectivity index (χ2v) is 5.76. The van der Waals surface area contributed by atoms with Crippen LogP contribution in [0.2, 0.25) is 0 Å². The van der Waals surface area contributed by atoms with Crippen LogP contribution in [0, 0.1) is 6.92 Å². The van der Waals surface area contributed by atoms with Crippen molar-refractivity contribution in [1.82, 2.24) is 4.57 Å². The van der Waals surface area contributed by atoms with Crippen molar-refractivity contribution in [3.05, 3.63) is 54.1 Å². The van der Waals surface area contributed by atoms with Gasteiger partial charge in [-0.25, -0.2) is 4.58 Å². The summed E-state index contributed by atoms with van der Waals surface area (Å²) < 4.78 is 4.66. The van der Waals surface area contributed by atoms with E-state index in [2.05, 4.69) is 77.9 Å². The topological polar surface area (TPSA) is 7.94 Å². The van der Waals surface area contributed by atoms with Crippen molar-refractivity contribution in [3.63, 3.8) is 0 Å². The van der Waals surface area contributed by atoms with Crippen molar-refractivity contribution < 1.29 is 4.58 Å². The summed E-state index contributed by atoms with van der Waals surface area (Å²) in [5.74, 6) is 1.27. The van der Waals surface area contributed by atoms with E-state index in [0.717, 1.165) is 12.8 Å². The molecule has 0 unspecified atom stereocenters. The Morgan fingerprint density at radius 1 is 0.952 bits per heavy atom. The smallest absolute Gasteiger partial charge is 0.241 e. The van der Waals surface area contributed by atoms with Gasteiger partial charge in [-0.2, -0.15) is 4.57 Å². The Kier molecular flexibility index (Phi) is 2.71. The summed E-state index contributed by atoms with van der Waals surface area (Å²) in [4.78, 5) is 0. The number of para-hydroxylation sites is 2. The molecule has 2 heterocycles. The molecule has 2 nitrogen and oxygen atoms in total.